The first-order valence-electron chi connectivity index (χ1n) is 8.53. The van der Waals surface area contributed by atoms with E-state index in [-0.39, 0.29) is 33.4 Å². The van der Waals surface area contributed by atoms with Gasteiger partial charge in [-0.1, -0.05) is 66.8 Å². The summed E-state index contributed by atoms with van der Waals surface area (Å²) >= 11 is 12.8. The Balaban J connectivity index is 2.50. The highest BCUT2D eigenvalue weighted by Gasteiger charge is 2.34. The lowest BCUT2D eigenvalue weighted by Crippen LogP contribution is -2.09. The van der Waals surface area contributed by atoms with Crippen LogP contribution >= 0.6 is 23.2 Å². The van der Waals surface area contributed by atoms with E-state index in [4.69, 9.17) is 23.2 Å². The molecule has 0 heterocycles. The van der Waals surface area contributed by atoms with Gasteiger partial charge in [-0.05, 0) is 44.6 Å². The molecule has 2 N–H and O–H groups in total. The zero-order valence-electron chi connectivity index (χ0n) is 14.6. The molecule has 0 bridgehead atoms. The van der Waals surface area contributed by atoms with Gasteiger partial charge in [0.05, 0.1) is 10.0 Å². The number of hydrogen-bond acceptors (Lipinski definition) is 2. The van der Waals surface area contributed by atoms with Crippen LogP contribution in [0.4, 0.5) is 0 Å². The summed E-state index contributed by atoms with van der Waals surface area (Å²) in [6.45, 7) is 10.2. The van der Waals surface area contributed by atoms with Crippen LogP contribution in [0.2, 0.25) is 10.0 Å². The Kier molecular flexibility index (Phi) is 6.28. The van der Waals surface area contributed by atoms with Gasteiger partial charge in [0.2, 0.25) is 0 Å². The van der Waals surface area contributed by atoms with Gasteiger partial charge in [0.1, 0.15) is 11.5 Å². The third kappa shape index (κ3) is 3.60. The molecule has 0 aromatic heterocycles. The van der Waals surface area contributed by atoms with Gasteiger partial charge in [0.25, 0.3) is 0 Å². The van der Waals surface area contributed by atoms with Gasteiger partial charge in [-0.15, -0.1) is 0 Å². The van der Waals surface area contributed by atoms with Crippen molar-refractivity contribution in [1.82, 2.24) is 0 Å². The van der Waals surface area contributed by atoms with E-state index in [0.29, 0.717) is 17.5 Å². The van der Waals surface area contributed by atoms with Crippen molar-refractivity contribution in [1.29, 1.82) is 0 Å². The Labute approximate surface area is 154 Å². The molecule has 2 nitrogen and oxygen atoms in total. The van der Waals surface area contributed by atoms with Crippen LogP contribution in [-0.2, 0) is 6.42 Å². The Hall–Kier alpha value is -1.12. The molecule has 0 saturated carbocycles. The van der Waals surface area contributed by atoms with E-state index in [1.807, 2.05) is 13.8 Å². The Morgan fingerprint density at radius 1 is 1.21 bits per heavy atom. The standard InChI is InChI=1S/C20H26Cl2O2/c1-5-6-7-8-13-17(21)19(23)16(20(24)18(13)22)15-10-12(4)9-14(15)11(2)3/h10,14-15,23-24H,2,5-9H2,1,3-4H3/t14-,15+/m0/s1. The summed E-state index contributed by atoms with van der Waals surface area (Å²) in [4.78, 5) is 0. The number of rotatable bonds is 6. The van der Waals surface area contributed by atoms with Gasteiger partial charge in [-0.3, -0.25) is 0 Å². The first-order chi connectivity index (χ1) is 11.3. The van der Waals surface area contributed by atoms with Crippen molar-refractivity contribution in [3.05, 3.63) is 45.0 Å². The summed E-state index contributed by atoms with van der Waals surface area (Å²) < 4.78 is 0. The predicted octanol–water partition coefficient (Wildman–Crippen LogP) is 6.76. The summed E-state index contributed by atoms with van der Waals surface area (Å²) in [5, 5.41) is 21.9. The van der Waals surface area contributed by atoms with Gasteiger partial charge in [0, 0.05) is 11.5 Å². The Morgan fingerprint density at radius 2 is 1.79 bits per heavy atom. The first kappa shape index (κ1) is 19.2. The molecule has 1 aromatic rings. The molecular weight excluding hydrogens is 343 g/mol. The number of hydrogen-bond donors (Lipinski definition) is 2. The van der Waals surface area contributed by atoms with Crippen molar-refractivity contribution in [3.8, 4) is 11.5 Å². The lowest BCUT2D eigenvalue weighted by molar-refractivity contribution is 0.423. The topological polar surface area (TPSA) is 40.5 Å². The van der Waals surface area contributed by atoms with Crippen LogP contribution in [0.3, 0.4) is 0 Å². The number of allylic oxidation sites excluding steroid dienone is 3. The first-order valence-corrected chi connectivity index (χ1v) is 9.29. The van der Waals surface area contributed by atoms with Crippen LogP contribution in [0.1, 0.15) is 63.5 Å². The number of phenolic OH excluding ortho intramolecular Hbond substituents is 2. The lowest BCUT2D eigenvalue weighted by Gasteiger charge is -2.24. The van der Waals surface area contributed by atoms with Crippen molar-refractivity contribution in [3.63, 3.8) is 0 Å². The number of phenols is 2. The van der Waals surface area contributed by atoms with Crippen LogP contribution in [0, 0.1) is 5.92 Å². The number of unbranched alkanes of at least 4 members (excludes halogenated alkanes) is 2. The molecule has 0 unspecified atom stereocenters. The zero-order chi connectivity index (χ0) is 18.0. The van der Waals surface area contributed by atoms with Gasteiger partial charge in [-0.25, -0.2) is 0 Å². The van der Waals surface area contributed by atoms with E-state index in [1.165, 1.54) is 5.57 Å². The second-order valence-corrected chi connectivity index (χ2v) is 7.63. The molecule has 2 atom stereocenters. The fourth-order valence-electron chi connectivity index (χ4n) is 3.55. The fraction of sp³-hybridized carbons (Fsp3) is 0.500. The highest BCUT2D eigenvalue weighted by molar-refractivity contribution is 6.38. The SMILES string of the molecule is C=C(C)[C@@H]1CC(C)=C[C@H]1c1c(O)c(Cl)c(CCCCC)c(Cl)c1O. The average molecular weight is 369 g/mol. The molecule has 0 fully saturated rings. The van der Waals surface area contributed by atoms with Crippen LogP contribution in [0.5, 0.6) is 11.5 Å². The molecule has 2 rings (SSSR count). The fourth-order valence-corrected chi connectivity index (χ4v) is 4.18. The Morgan fingerprint density at radius 3 is 2.29 bits per heavy atom. The normalized spacial score (nSPS) is 20.3. The Bertz CT molecular complexity index is 648. The number of benzene rings is 1. The van der Waals surface area contributed by atoms with Crippen molar-refractivity contribution >= 4 is 23.2 Å². The predicted molar refractivity (Wildman–Crippen MR) is 102 cm³/mol. The molecule has 4 heteroatoms. The van der Waals surface area contributed by atoms with Gasteiger partial charge < -0.3 is 10.2 Å². The highest BCUT2D eigenvalue weighted by Crippen LogP contribution is 2.53. The minimum absolute atomic E-state index is 0.0488. The molecule has 1 aromatic carbocycles. The number of aromatic hydroxyl groups is 2. The van der Waals surface area contributed by atoms with Crippen LogP contribution in [0.15, 0.2) is 23.8 Å². The van der Waals surface area contributed by atoms with E-state index in [9.17, 15) is 10.2 Å². The molecule has 0 spiro atoms. The van der Waals surface area contributed by atoms with Gasteiger partial charge >= 0.3 is 0 Å². The zero-order valence-corrected chi connectivity index (χ0v) is 16.1. The molecule has 24 heavy (non-hydrogen) atoms. The lowest BCUT2D eigenvalue weighted by atomic mass is 9.83. The molecule has 1 aliphatic rings. The maximum atomic E-state index is 10.7. The van der Waals surface area contributed by atoms with Crippen molar-refractivity contribution in [2.45, 2.75) is 58.8 Å². The summed E-state index contributed by atoms with van der Waals surface area (Å²) in [7, 11) is 0. The van der Waals surface area contributed by atoms with Crippen LogP contribution < -0.4 is 0 Å². The van der Waals surface area contributed by atoms with Crippen LogP contribution in [-0.4, -0.2) is 10.2 Å². The van der Waals surface area contributed by atoms with E-state index >= 15 is 0 Å². The summed E-state index contributed by atoms with van der Waals surface area (Å²) in [5.74, 6) is -0.110. The minimum Gasteiger partial charge on any atom is -0.506 e. The third-order valence-electron chi connectivity index (χ3n) is 4.89. The average Bonchev–Trinajstić information content (AvgIpc) is 2.91. The molecule has 0 aliphatic heterocycles. The minimum atomic E-state index is -0.151. The second-order valence-electron chi connectivity index (χ2n) is 6.87. The van der Waals surface area contributed by atoms with E-state index in [0.717, 1.165) is 31.3 Å². The largest absolute Gasteiger partial charge is 0.506 e. The van der Waals surface area contributed by atoms with Crippen molar-refractivity contribution in [2.24, 2.45) is 5.92 Å². The monoisotopic (exact) mass is 368 g/mol. The molecule has 0 amide bonds. The second kappa shape index (κ2) is 7.84. The van der Waals surface area contributed by atoms with Gasteiger partial charge in [-0.2, -0.15) is 0 Å². The molecule has 0 saturated heterocycles. The van der Waals surface area contributed by atoms with E-state index < -0.39 is 0 Å². The summed E-state index contributed by atoms with van der Waals surface area (Å²) in [6.07, 6.45) is 6.64. The van der Waals surface area contributed by atoms with Crippen LogP contribution in [0.25, 0.3) is 0 Å². The third-order valence-corrected chi connectivity index (χ3v) is 5.71. The van der Waals surface area contributed by atoms with Crippen molar-refractivity contribution < 1.29 is 10.2 Å². The molecule has 132 valence electrons. The molecule has 1 aliphatic carbocycles. The maximum Gasteiger partial charge on any atom is 0.142 e. The summed E-state index contributed by atoms with van der Waals surface area (Å²) in [6, 6.07) is 0. The van der Waals surface area contributed by atoms with E-state index in [2.05, 4.69) is 19.6 Å². The smallest absolute Gasteiger partial charge is 0.142 e. The summed E-state index contributed by atoms with van der Waals surface area (Å²) in [5.41, 5.74) is 3.29. The maximum absolute atomic E-state index is 10.7. The molecular formula is C20H26Cl2O2. The quantitative estimate of drug-likeness (QED) is 0.429. The highest BCUT2D eigenvalue weighted by atomic mass is 35.5. The van der Waals surface area contributed by atoms with Crippen molar-refractivity contribution in [2.75, 3.05) is 0 Å². The number of halogens is 2. The molecule has 0 radical (unpaired) electrons. The van der Waals surface area contributed by atoms with E-state index in [1.54, 1.807) is 0 Å². The van der Waals surface area contributed by atoms with Gasteiger partial charge in [0.15, 0.2) is 0 Å².